The van der Waals surface area contributed by atoms with Crippen LogP contribution in [-0.2, 0) is 30.3 Å². The number of benzene rings is 1. The highest BCUT2D eigenvalue weighted by atomic mass is 16.7. The number of ether oxygens (including phenoxy) is 5. The van der Waals surface area contributed by atoms with Gasteiger partial charge in [0.1, 0.15) is 61.1 Å². The van der Waals surface area contributed by atoms with Crippen LogP contribution in [-0.4, -0.2) is 139 Å². The maximum Gasteiger partial charge on any atom is 0.358 e. The number of hydrogen-bond acceptors (Lipinski definition) is 14. The van der Waals surface area contributed by atoms with E-state index in [1.54, 1.807) is 24.3 Å². The van der Waals surface area contributed by atoms with E-state index in [0.717, 1.165) is 10.9 Å². The summed E-state index contributed by atoms with van der Waals surface area (Å²) in [5.74, 6) is -1.25. The minimum absolute atomic E-state index is 0.00583. The number of aromatic carboxylic acids is 1. The summed E-state index contributed by atoms with van der Waals surface area (Å²) in [7, 11) is 0. The number of aromatic nitrogens is 3. The molecular weight excluding hydrogens is 564 g/mol. The molecule has 0 radical (unpaired) electrons. The van der Waals surface area contributed by atoms with Crippen LogP contribution in [0.3, 0.4) is 0 Å². The molecule has 2 saturated heterocycles. The van der Waals surface area contributed by atoms with Crippen LogP contribution >= 0.6 is 0 Å². The summed E-state index contributed by atoms with van der Waals surface area (Å²) in [5, 5.41) is 71.4. The number of nitrogens with zero attached hydrogens (tertiary/aromatic N) is 3. The fourth-order valence-electron chi connectivity index (χ4n) is 4.61. The molecule has 42 heavy (non-hydrogen) atoms. The Morgan fingerprint density at radius 1 is 0.976 bits per heavy atom. The summed E-state index contributed by atoms with van der Waals surface area (Å²) in [6, 6.07) is 7.75. The highest BCUT2D eigenvalue weighted by Crippen LogP contribution is 2.30. The maximum atomic E-state index is 11.9. The molecule has 2 fully saturated rings. The van der Waals surface area contributed by atoms with Crippen LogP contribution in [0.15, 0.2) is 36.5 Å². The summed E-state index contributed by atoms with van der Waals surface area (Å²) >= 11 is 0. The highest BCUT2D eigenvalue weighted by Gasteiger charge is 2.51. The van der Waals surface area contributed by atoms with Crippen LogP contribution in [0.4, 0.5) is 0 Å². The van der Waals surface area contributed by atoms with Gasteiger partial charge in [0.15, 0.2) is 18.3 Å². The SMILES string of the molecule is CC(=O)N[C@H]1C(OCCOc2ccccc2)OC(CO)[C@@H](OC2OC(Cn3cc(C(=O)O)nn3)C(O)C(O)[C@H]2O)C1O. The van der Waals surface area contributed by atoms with Gasteiger partial charge in [0.2, 0.25) is 5.91 Å². The van der Waals surface area contributed by atoms with Crippen LogP contribution in [0.25, 0.3) is 0 Å². The van der Waals surface area contributed by atoms with Gasteiger partial charge < -0.3 is 59.6 Å². The molecule has 0 aliphatic carbocycles. The van der Waals surface area contributed by atoms with E-state index in [2.05, 4.69) is 15.6 Å². The molecule has 17 nitrogen and oxygen atoms in total. The maximum absolute atomic E-state index is 11.9. The summed E-state index contributed by atoms with van der Waals surface area (Å²) < 4.78 is 29.6. The number of carbonyl (C=O) groups excluding carboxylic acids is 1. The monoisotopic (exact) mass is 598 g/mol. The van der Waals surface area contributed by atoms with Gasteiger partial charge in [-0.1, -0.05) is 23.4 Å². The average molecular weight is 599 g/mol. The summed E-state index contributed by atoms with van der Waals surface area (Å²) in [6.07, 6.45) is -12.5. The number of carboxylic acid groups (broad SMARTS) is 1. The largest absolute Gasteiger partial charge is 0.491 e. The van der Waals surface area contributed by atoms with Gasteiger partial charge in [-0.15, -0.1) is 5.10 Å². The highest BCUT2D eigenvalue weighted by molar-refractivity contribution is 5.84. The minimum atomic E-state index is -1.81. The van der Waals surface area contributed by atoms with Gasteiger partial charge in [0, 0.05) is 6.92 Å². The molecule has 17 heteroatoms. The molecule has 232 valence electrons. The van der Waals surface area contributed by atoms with Gasteiger partial charge in [0.05, 0.1) is 26.0 Å². The van der Waals surface area contributed by atoms with Gasteiger partial charge in [-0.25, -0.2) is 9.48 Å². The minimum Gasteiger partial charge on any atom is -0.491 e. The fraction of sp³-hybridized carbons (Fsp3) is 0.600. The fourth-order valence-corrected chi connectivity index (χ4v) is 4.61. The standard InChI is InChI=1S/C25H34N4O13/c1-12(31)26-17-19(33)22(16(11-30)41-24(17)39-8-7-38-13-5-3-2-4-6-13)42-25-21(35)20(34)18(32)15(40-25)10-29-9-14(23(36)37)27-28-29/h2-6,9,15-22,24-25,30,32-35H,7-8,10-11H2,1H3,(H,26,31)(H,36,37)/t15?,16?,17-,18?,19?,20?,21-,22-,24?,25?/m1/s1. The van der Waals surface area contributed by atoms with E-state index < -0.39 is 79.8 Å². The molecule has 7 N–H and O–H groups in total. The number of hydrogen-bond donors (Lipinski definition) is 7. The lowest BCUT2D eigenvalue weighted by Crippen LogP contribution is -2.67. The Kier molecular flexibility index (Phi) is 10.8. The number of nitrogens with one attached hydrogen (secondary N) is 1. The molecule has 0 saturated carbocycles. The molecule has 2 aliphatic rings. The predicted octanol–water partition coefficient (Wildman–Crippen LogP) is -3.15. The van der Waals surface area contributed by atoms with Gasteiger partial charge in [-0.05, 0) is 12.1 Å². The Morgan fingerprint density at radius 2 is 1.69 bits per heavy atom. The lowest BCUT2D eigenvalue weighted by molar-refractivity contribution is -0.347. The van der Waals surface area contributed by atoms with Crippen molar-refractivity contribution in [3.05, 3.63) is 42.2 Å². The zero-order valence-electron chi connectivity index (χ0n) is 22.4. The van der Waals surface area contributed by atoms with Crippen LogP contribution in [0, 0.1) is 0 Å². The third-order valence-corrected chi connectivity index (χ3v) is 6.68. The van der Waals surface area contributed by atoms with Crippen molar-refractivity contribution in [2.75, 3.05) is 19.8 Å². The smallest absolute Gasteiger partial charge is 0.358 e. The molecule has 3 heterocycles. The molecular formula is C25H34N4O13. The molecule has 0 spiro atoms. The Bertz CT molecular complexity index is 1170. The van der Waals surface area contributed by atoms with E-state index in [1.807, 2.05) is 6.07 Å². The Balaban J connectivity index is 1.43. The number of aliphatic hydroxyl groups is 5. The van der Waals surface area contributed by atoms with Crippen molar-refractivity contribution in [3.8, 4) is 5.75 Å². The van der Waals surface area contributed by atoms with Crippen LogP contribution in [0.1, 0.15) is 17.4 Å². The van der Waals surface area contributed by atoms with Crippen molar-refractivity contribution in [1.82, 2.24) is 20.3 Å². The third kappa shape index (κ3) is 7.57. The molecule has 1 amide bonds. The first kappa shape index (κ1) is 31.7. The van der Waals surface area contributed by atoms with Crippen molar-refractivity contribution in [1.29, 1.82) is 0 Å². The Labute approximate surface area is 239 Å². The topological polar surface area (TPSA) is 244 Å². The lowest BCUT2D eigenvalue weighted by Gasteiger charge is -2.47. The first-order chi connectivity index (χ1) is 20.1. The second-order valence-corrected chi connectivity index (χ2v) is 9.72. The second kappa shape index (κ2) is 14.3. The molecule has 2 aromatic rings. The van der Waals surface area contributed by atoms with Gasteiger partial charge in [-0.3, -0.25) is 4.79 Å². The second-order valence-electron chi connectivity index (χ2n) is 9.72. The third-order valence-electron chi connectivity index (χ3n) is 6.68. The summed E-state index contributed by atoms with van der Waals surface area (Å²) in [5.41, 5.74) is -0.366. The number of para-hydroxylation sites is 1. The molecule has 1 aromatic carbocycles. The molecule has 4 rings (SSSR count). The molecule has 10 atom stereocenters. The van der Waals surface area contributed by atoms with Crippen molar-refractivity contribution >= 4 is 11.9 Å². The molecule has 2 aliphatic heterocycles. The normalized spacial score (nSPS) is 33.2. The Hall–Kier alpha value is -3.26. The summed E-state index contributed by atoms with van der Waals surface area (Å²) in [6.45, 7) is 0.359. The van der Waals surface area contributed by atoms with Crippen molar-refractivity contribution in [2.24, 2.45) is 0 Å². The van der Waals surface area contributed by atoms with Gasteiger partial charge in [-0.2, -0.15) is 0 Å². The van der Waals surface area contributed by atoms with Gasteiger partial charge in [0.25, 0.3) is 0 Å². The number of amides is 1. The predicted molar refractivity (Wildman–Crippen MR) is 136 cm³/mol. The van der Waals surface area contributed by atoms with E-state index in [0.29, 0.717) is 5.75 Å². The molecule has 0 bridgehead atoms. The number of rotatable bonds is 12. The first-order valence-electron chi connectivity index (χ1n) is 13.1. The number of aliphatic hydroxyl groups excluding tert-OH is 5. The van der Waals surface area contributed by atoms with Crippen LogP contribution < -0.4 is 10.1 Å². The number of carbonyl (C=O) groups is 2. The quantitative estimate of drug-likeness (QED) is 0.119. The van der Waals surface area contributed by atoms with Crippen LogP contribution in [0.5, 0.6) is 5.75 Å². The average Bonchev–Trinajstić information content (AvgIpc) is 3.44. The number of carboxylic acids is 1. The summed E-state index contributed by atoms with van der Waals surface area (Å²) in [4.78, 5) is 23.0. The molecule has 1 aromatic heterocycles. The lowest BCUT2D eigenvalue weighted by atomic mass is 9.95. The van der Waals surface area contributed by atoms with Crippen molar-refractivity contribution in [2.45, 2.75) is 74.8 Å². The van der Waals surface area contributed by atoms with E-state index in [-0.39, 0.29) is 25.5 Å². The zero-order chi connectivity index (χ0) is 30.4. The van der Waals surface area contributed by atoms with Crippen molar-refractivity contribution < 1.29 is 63.9 Å². The molecule has 7 unspecified atom stereocenters. The first-order valence-corrected chi connectivity index (χ1v) is 13.1. The van der Waals surface area contributed by atoms with E-state index >= 15 is 0 Å². The Morgan fingerprint density at radius 3 is 2.33 bits per heavy atom. The van der Waals surface area contributed by atoms with E-state index in [9.17, 15) is 35.1 Å². The van der Waals surface area contributed by atoms with E-state index in [4.69, 9.17) is 28.8 Å². The zero-order valence-corrected chi connectivity index (χ0v) is 22.4. The van der Waals surface area contributed by atoms with Crippen LogP contribution in [0.2, 0.25) is 0 Å². The van der Waals surface area contributed by atoms with Crippen molar-refractivity contribution in [3.63, 3.8) is 0 Å². The van der Waals surface area contributed by atoms with E-state index in [1.165, 1.54) is 6.92 Å². The van der Waals surface area contributed by atoms with Gasteiger partial charge >= 0.3 is 5.97 Å².